The lowest BCUT2D eigenvalue weighted by atomic mass is 9.73. The average Bonchev–Trinajstić information content (AvgIpc) is 2.81. The van der Waals surface area contributed by atoms with Gasteiger partial charge in [-0.3, -0.25) is 4.79 Å². The smallest absolute Gasteiger partial charge is 0.163 e. The number of hydrogen-bond acceptors (Lipinski definition) is 4. The molecule has 1 atom stereocenters. The van der Waals surface area contributed by atoms with Gasteiger partial charge in [0.05, 0.1) is 24.5 Å². The van der Waals surface area contributed by atoms with Crippen molar-refractivity contribution in [1.82, 2.24) is 0 Å². The Morgan fingerprint density at radius 3 is 2.50 bits per heavy atom. The Kier molecular flexibility index (Phi) is 4.66. The summed E-state index contributed by atoms with van der Waals surface area (Å²) in [5.74, 6) is 1.06. The third-order valence-corrected chi connectivity index (χ3v) is 5.78. The van der Waals surface area contributed by atoms with E-state index < -0.39 is 0 Å². The van der Waals surface area contributed by atoms with Crippen LogP contribution in [0.25, 0.3) is 0 Å². The number of benzene rings is 2. The number of para-hydroxylation sites is 2. The van der Waals surface area contributed by atoms with E-state index in [4.69, 9.17) is 4.74 Å². The van der Waals surface area contributed by atoms with E-state index in [9.17, 15) is 4.79 Å². The van der Waals surface area contributed by atoms with Crippen LogP contribution in [0.15, 0.2) is 59.8 Å². The van der Waals surface area contributed by atoms with Gasteiger partial charge < -0.3 is 15.0 Å². The van der Waals surface area contributed by atoms with Gasteiger partial charge in [-0.15, -0.1) is 0 Å². The fourth-order valence-electron chi connectivity index (χ4n) is 4.54. The predicted molar refractivity (Wildman–Crippen MR) is 114 cm³/mol. The van der Waals surface area contributed by atoms with Gasteiger partial charge in [0, 0.05) is 24.2 Å². The van der Waals surface area contributed by atoms with Crippen LogP contribution in [0.5, 0.6) is 5.75 Å². The minimum absolute atomic E-state index is 0.0380. The molecule has 1 N–H and O–H groups in total. The normalized spacial score (nSPS) is 20.8. The van der Waals surface area contributed by atoms with Crippen molar-refractivity contribution in [2.24, 2.45) is 5.41 Å². The molecule has 1 aliphatic carbocycles. The summed E-state index contributed by atoms with van der Waals surface area (Å²) in [6.07, 6.45) is 1.45. The fourth-order valence-corrected chi connectivity index (χ4v) is 4.54. The number of carbonyl (C=O) groups is 1. The van der Waals surface area contributed by atoms with Crippen LogP contribution in [-0.2, 0) is 4.79 Å². The SMILES string of the molecule is CCN1c2ccccc2NC2=C(C(=O)CC(C)(C)C2)[C@H]1c1ccc(OC)cc1. The third-order valence-electron chi connectivity index (χ3n) is 5.78. The molecule has 4 nitrogen and oxygen atoms in total. The second-order valence-electron chi connectivity index (χ2n) is 8.44. The van der Waals surface area contributed by atoms with E-state index in [1.54, 1.807) is 7.11 Å². The van der Waals surface area contributed by atoms with Crippen LogP contribution in [0.4, 0.5) is 11.4 Å². The van der Waals surface area contributed by atoms with Crippen LogP contribution in [0.3, 0.4) is 0 Å². The van der Waals surface area contributed by atoms with Gasteiger partial charge in [-0.05, 0) is 48.6 Å². The molecule has 0 spiro atoms. The van der Waals surface area contributed by atoms with Crippen molar-refractivity contribution in [2.75, 3.05) is 23.9 Å². The molecule has 146 valence electrons. The second-order valence-corrected chi connectivity index (χ2v) is 8.44. The summed E-state index contributed by atoms with van der Waals surface area (Å²) in [6.45, 7) is 7.30. The lowest BCUT2D eigenvalue weighted by molar-refractivity contribution is -0.118. The van der Waals surface area contributed by atoms with E-state index >= 15 is 0 Å². The number of anilines is 2. The molecule has 1 heterocycles. The molecule has 0 unspecified atom stereocenters. The van der Waals surface area contributed by atoms with Gasteiger partial charge in [0.2, 0.25) is 0 Å². The molecule has 0 radical (unpaired) electrons. The number of nitrogens with one attached hydrogen (secondary N) is 1. The molecular formula is C24H28N2O2. The maximum absolute atomic E-state index is 13.4. The lowest BCUT2D eigenvalue weighted by Crippen LogP contribution is -2.36. The highest BCUT2D eigenvalue weighted by molar-refractivity contribution is 6.01. The third kappa shape index (κ3) is 3.17. The largest absolute Gasteiger partial charge is 0.497 e. The fraction of sp³-hybridized carbons (Fsp3) is 0.375. The van der Waals surface area contributed by atoms with Crippen LogP contribution in [0.2, 0.25) is 0 Å². The number of methoxy groups -OCH3 is 1. The summed E-state index contributed by atoms with van der Waals surface area (Å²) in [5, 5.41) is 3.63. The topological polar surface area (TPSA) is 41.6 Å². The highest BCUT2D eigenvalue weighted by Crippen LogP contribution is 2.48. The molecule has 2 aromatic rings. The number of likely N-dealkylation sites (N-methyl/N-ethyl adjacent to an activating group) is 1. The minimum Gasteiger partial charge on any atom is -0.497 e. The van der Waals surface area contributed by atoms with E-state index in [-0.39, 0.29) is 17.2 Å². The Morgan fingerprint density at radius 2 is 1.82 bits per heavy atom. The molecule has 2 aliphatic rings. The zero-order chi connectivity index (χ0) is 19.9. The standard InChI is InChI=1S/C24H28N2O2/c1-5-26-20-9-7-6-8-18(20)25-19-14-24(2,3)15-21(27)22(19)23(26)16-10-12-17(28-4)13-11-16/h6-13,23,25H,5,14-15H2,1-4H3/t23-/m1/s1. The molecule has 0 amide bonds. The van der Waals surface area contributed by atoms with Gasteiger partial charge in [-0.2, -0.15) is 0 Å². The summed E-state index contributed by atoms with van der Waals surface area (Å²) in [4.78, 5) is 15.7. The maximum Gasteiger partial charge on any atom is 0.163 e. The zero-order valence-electron chi connectivity index (χ0n) is 17.1. The molecule has 0 fully saturated rings. The molecule has 2 aromatic carbocycles. The Morgan fingerprint density at radius 1 is 1.11 bits per heavy atom. The number of ether oxygens (including phenoxy) is 1. The van der Waals surface area contributed by atoms with E-state index in [1.807, 2.05) is 18.2 Å². The average molecular weight is 377 g/mol. The highest BCUT2D eigenvalue weighted by Gasteiger charge is 2.40. The molecule has 1 aliphatic heterocycles. The van der Waals surface area contributed by atoms with Gasteiger partial charge in [-0.1, -0.05) is 38.1 Å². The number of carbonyl (C=O) groups excluding carboxylic acids is 1. The first-order valence-electron chi connectivity index (χ1n) is 9.96. The van der Waals surface area contributed by atoms with Crippen LogP contribution in [-0.4, -0.2) is 19.4 Å². The summed E-state index contributed by atoms with van der Waals surface area (Å²) in [6, 6.07) is 16.4. The predicted octanol–water partition coefficient (Wildman–Crippen LogP) is 5.33. The maximum atomic E-state index is 13.4. The van der Waals surface area contributed by atoms with Crippen LogP contribution in [0, 0.1) is 5.41 Å². The highest BCUT2D eigenvalue weighted by atomic mass is 16.5. The van der Waals surface area contributed by atoms with Crippen LogP contribution < -0.4 is 15.0 Å². The van der Waals surface area contributed by atoms with Crippen molar-refractivity contribution in [1.29, 1.82) is 0 Å². The second kappa shape index (κ2) is 7.01. The van der Waals surface area contributed by atoms with Crippen LogP contribution in [0.1, 0.15) is 45.2 Å². The number of hydrogen-bond donors (Lipinski definition) is 1. The Labute approximate surface area is 167 Å². The number of Topliss-reactive ketones (excluding diaryl/α,β-unsaturated/α-hetero) is 1. The zero-order valence-corrected chi connectivity index (χ0v) is 17.1. The first-order chi connectivity index (χ1) is 13.4. The van der Waals surface area contributed by atoms with E-state index in [0.717, 1.165) is 46.9 Å². The quantitative estimate of drug-likeness (QED) is 0.786. The number of rotatable bonds is 3. The van der Waals surface area contributed by atoms with Crippen molar-refractivity contribution in [3.8, 4) is 5.75 Å². The first-order valence-corrected chi connectivity index (χ1v) is 9.96. The first kappa shape index (κ1) is 18.6. The summed E-state index contributed by atoms with van der Waals surface area (Å²) in [5.41, 5.74) is 5.24. The number of ketones is 1. The minimum atomic E-state index is -0.106. The monoisotopic (exact) mass is 376 g/mol. The van der Waals surface area contributed by atoms with Gasteiger partial charge in [0.1, 0.15) is 5.75 Å². The lowest BCUT2D eigenvalue weighted by Gasteiger charge is -2.37. The molecule has 4 heteroatoms. The Hall–Kier alpha value is -2.75. The van der Waals surface area contributed by atoms with Gasteiger partial charge in [0.25, 0.3) is 0 Å². The molecule has 0 saturated carbocycles. The van der Waals surface area contributed by atoms with E-state index in [1.165, 1.54) is 0 Å². The summed E-state index contributed by atoms with van der Waals surface area (Å²) >= 11 is 0. The van der Waals surface area contributed by atoms with Crippen molar-refractivity contribution < 1.29 is 9.53 Å². The van der Waals surface area contributed by atoms with E-state index in [2.05, 4.69) is 61.3 Å². The van der Waals surface area contributed by atoms with Crippen LogP contribution >= 0.6 is 0 Å². The van der Waals surface area contributed by atoms with E-state index in [0.29, 0.717) is 6.42 Å². The number of nitrogens with zero attached hydrogens (tertiary/aromatic N) is 1. The molecule has 0 saturated heterocycles. The number of fused-ring (bicyclic) bond motifs is 1. The van der Waals surface area contributed by atoms with Gasteiger partial charge >= 0.3 is 0 Å². The number of allylic oxidation sites excluding steroid dienone is 1. The molecule has 0 aromatic heterocycles. The van der Waals surface area contributed by atoms with Gasteiger partial charge in [0.15, 0.2) is 5.78 Å². The van der Waals surface area contributed by atoms with Crippen molar-refractivity contribution >= 4 is 17.2 Å². The van der Waals surface area contributed by atoms with Gasteiger partial charge in [-0.25, -0.2) is 0 Å². The Bertz CT molecular complexity index is 928. The Balaban J connectivity index is 1.93. The molecule has 28 heavy (non-hydrogen) atoms. The molecular weight excluding hydrogens is 348 g/mol. The molecule has 4 rings (SSSR count). The van der Waals surface area contributed by atoms with Crippen molar-refractivity contribution in [2.45, 2.75) is 39.7 Å². The molecule has 0 bridgehead atoms. The van der Waals surface area contributed by atoms with Crippen molar-refractivity contribution in [3.63, 3.8) is 0 Å². The summed E-state index contributed by atoms with van der Waals surface area (Å²) < 4.78 is 5.34. The summed E-state index contributed by atoms with van der Waals surface area (Å²) in [7, 11) is 1.67. The van der Waals surface area contributed by atoms with Crippen molar-refractivity contribution in [3.05, 3.63) is 65.4 Å².